The third-order valence-electron chi connectivity index (χ3n) is 5.56. The number of guanidine groups is 1. The van der Waals surface area contributed by atoms with Gasteiger partial charge in [-0.15, -0.1) is 0 Å². The van der Waals surface area contributed by atoms with Crippen LogP contribution < -0.4 is 32.7 Å². The van der Waals surface area contributed by atoms with Crippen molar-refractivity contribution in [1.82, 2.24) is 21.3 Å². The quantitative estimate of drug-likeness (QED) is 0.0653. The van der Waals surface area contributed by atoms with E-state index in [1.807, 2.05) is 30.3 Å². The molecule has 192 valence electrons. The number of amides is 3. The number of carbonyl (C=O) groups is 4. The number of aliphatic hydroxyl groups excluding tert-OH is 1. The van der Waals surface area contributed by atoms with Crippen LogP contribution in [0, 0.1) is 0 Å². The van der Waals surface area contributed by atoms with Crippen molar-refractivity contribution in [3.63, 3.8) is 0 Å². The number of nitrogens with one attached hydrogen (secondary N) is 4. The Kier molecular flexibility index (Phi) is 11.6. The van der Waals surface area contributed by atoms with Gasteiger partial charge >= 0.3 is 0 Å². The molecule has 0 aliphatic carbocycles. The van der Waals surface area contributed by atoms with Gasteiger partial charge in [0, 0.05) is 6.54 Å². The number of nitrogens with zero attached hydrogens (tertiary/aromatic N) is 1. The fraction of sp³-hybridized carbons (Fsp3) is 0.522. The fourth-order valence-corrected chi connectivity index (χ4v) is 3.70. The second-order valence-electron chi connectivity index (χ2n) is 8.34. The molecule has 1 aliphatic heterocycles. The van der Waals surface area contributed by atoms with Crippen molar-refractivity contribution in [3.05, 3.63) is 35.9 Å². The Bertz CT molecular complexity index is 870. The molecule has 1 saturated heterocycles. The second kappa shape index (κ2) is 14.7. The summed E-state index contributed by atoms with van der Waals surface area (Å²) in [5.41, 5.74) is 11.5. The molecule has 1 aromatic carbocycles. The highest BCUT2D eigenvalue weighted by molar-refractivity contribution is 5.93. The smallest absolute Gasteiger partial charge is 0.245 e. The third kappa shape index (κ3) is 9.71. The summed E-state index contributed by atoms with van der Waals surface area (Å²) >= 11 is 0. The zero-order valence-corrected chi connectivity index (χ0v) is 19.6. The number of hydrogen-bond donors (Lipinski definition) is 7. The van der Waals surface area contributed by atoms with Crippen molar-refractivity contribution in [2.45, 2.75) is 56.3 Å². The molecule has 0 radical (unpaired) electrons. The Morgan fingerprint density at radius 2 is 1.83 bits per heavy atom. The van der Waals surface area contributed by atoms with Crippen LogP contribution in [0.2, 0.25) is 0 Å². The zero-order chi connectivity index (χ0) is 25.6. The second-order valence-corrected chi connectivity index (χ2v) is 8.34. The molecule has 12 heteroatoms. The maximum atomic E-state index is 12.9. The summed E-state index contributed by atoms with van der Waals surface area (Å²) in [6.45, 7) is 0.286. The molecule has 0 saturated carbocycles. The summed E-state index contributed by atoms with van der Waals surface area (Å²) in [6, 6.07) is 5.62. The highest BCUT2D eigenvalue weighted by Gasteiger charge is 2.30. The highest BCUT2D eigenvalue weighted by Crippen LogP contribution is 2.07. The minimum absolute atomic E-state index is 0.0811. The van der Waals surface area contributed by atoms with Crippen LogP contribution in [0.25, 0.3) is 0 Å². The summed E-state index contributed by atoms with van der Waals surface area (Å²) < 4.78 is 0. The molecule has 1 fully saturated rings. The van der Waals surface area contributed by atoms with Gasteiger partial charge in [0.05, 0.1) is 18.7 Å². The number of benzene rings is 1. The van der Waals surface area contributed by atoms with E-state index in [0.717, 1.165) is 12.0 Å². The van der Waals surface area contributed by atoms with Crippen molar-refractivity contribution >= 4 is 30.0 Å². The number of nitrogens with two attached hydrogens (primary N) is 2. The SMILES string of the molecule is NC(N)=NCCC[C@H](NC(=O)[C@@H]1CCCN1)C(=O)N[C@@H](CO)C(=O)N[C@H](C=O)Cc1ccccc1. The predicted molar refractivity (Wildman–Crippen MR) is 130 cm³/mol. The molecular formula is C23H35N7O5. The van der Waals surface area contributed by atoms with E-state index in [0.29, 0.717) is 25.7 Å². The molecule has 12 nitrogen and oxygen atoms in total. The first-order valence-corrected chi connectivity index (χ1v) is 11.6. The van der Waals surface area contributed by atoms with E-state index in [2.05, 4.69) is 26.3 Å². The molecule has 1 heterocycles. The standard InChI is InChI=1S/C23H35N7O5/c24-23(25)27-11-5-9-18(29-20(33)17-8-4-10-26-17)21(34)30-19(14-32)22(35)28-16(13-31)12-15-6-2-1-3-7-15/h1-3,6-7,13,16-19,26,32H,4-5,8-12,14H2,(H,28,35)(H,29,33)(H,30,34)(H4,24,25,27)/t16-,17-,18-,19-/m0/s1. The molecule has 9 N–H and O–H groups in total. The first-order chi connectivity index (χ1) is 16.8. The average molecular weight is 490 g/mol. The zero-order valence-electron chi connectivity index (χ0n) is 19.6. The van der Waals surface area contributed by atoms with Gasteiger partial charge in [0.1, 0.15) is 18.4 Å². The lowest BCUT2D eigenvalue weighted by molar-refractivity contribution is -0.133. The van der Waals surface area contributed by atoms with Gasteiger partial charge in [-0.05, 0) is 44.2 Å². The summed E-state index contributed by atoms with van der Waals surface area (Å²) in [4.78, 5) is 53.5. The molecule has 4 atom stereocenters. The Hall–Kier alpha value is -3.51. The van der Waals surface area contributed by atoms with Crippen LogP contribution in [-0.4, -0.2) is 78.9 Å². The maximum absolute atomic E-state index is 12.9. The first-order valence-electron chi connectivity index (χ1n) is 11.6. The predicted octanol–water partition coefficient (Wildman–Crippen LogP) is -2.32. The van der Waals surface area contributed by atoms with Gasteiger partial charge in [0.2, 0.25) is 17.7 Å². The lowest BCUT2D eigenvalue weighted by Crippen LogP contribution is -2.57. The van der Waals surface area contributed by atoms with Crippen LogP contribution in [-0.2, 0) is 25.6 Å². The first kappa shape index (κ1) is 27.7. The van der Waals surface area contributed by atoms with E-state index >= 15 is 0 Å². The molecule has 2 rings (SSSR count). The molecule has 0 unspecified atom stereocenters. The summed E-state index contributed by atoms with van der Waals surface area (Å²) in [7, 11) is 0. The van der Waals surface area contributed by atoms with Gasteiger partial charge in [-0.3, -0.25) is 19.4 Å². The van der Waals surface area contributed by atoms with Crippen LogP contribution in [0.5, 0.6) is 0 Å². The molecular weight excluding hydrogens is 454 g/mol. The molecule has 1 aromatic rings. The van der Waals surface area contributed by atoms with Crippen molar-refractivity contribution < 1.29 is 24.3 Å². The Morgan fingerprint density at radius 3 is 2.43 bits per heavy atom. The third-order valence-corrected chi connectivity index (χ3v) is 5.56. The topological polar surface area (TPSA) is 201 Å². The lowest BCUT2D eigenvalue weighted by Gasteiger charge is -2.24. The van der Waals surface area contributed by atoms with Gasteiger partial charge in [-0.1, -0.05) is 30.3 Å². The molecule has 0 spiro atoms. The lowest BCUT2D eigenvalue weighted by atomic mass is 10.1. The molecule has 35 heavy (non-hydrogen) atoms. The number of carbonyl (C=O) groups excluding carboxylic acids is 4. The van der Waals surface area contributed by atoms with Crippen molar-refractivity contribution in [2.75, 3.05) is 19.7 Å². The fourth-order valence-electron chi connectivity index (χ4n) is 3.70. The monoisotopic (exact) mass is 489 g/mol. The number of aldehydes is 1. The van der Waals surface area contributed by atoms with Gasteiger partial charge in [0.25, 0.3) is 0 Å². The Balaban J connectivity index is 1.99. The summed E-state index contributed by atoms with van der Waals surface area (Å²) in [5.74, 6) is -1.75. The van der Waals surface area contributed by atoms with E-state index in [9.17, 15) is 24.3 Å². The number of aliphatic hydroxyl groups is 1. The molecule has 1 aliphatic rings. The van der Waals surface area contributed by atoms with Crippen molar-refractivity contribution in [1.29, 1.82) is 0 Å². The largest absolute Gasteiger partial charge is 0.394 e. The molecule has 3 amide bonds. The maximum Gasteiger partial charge on any atom is 0.245 e. The van der Waals surface area contributed by atoms with Crippen LogP contribution in [0.3, 0.4) is 0 Å². The van der Waals surface area contributed by atoms with Crippen LogP contribution in [0.1, 0.15) is 31.2 Å². The van der Waals surface area contributed by atoms with Crippen molar-refractivity contribution in [3.8, 4) is 0 Å². The Labute approximate surface area is 204 Å². The number of rotatable bonds is 14. The van der Waals surface area contributed by atoms with Gasteiger partial charge in [0.15, 0.2) is 5.96 Å². The Morgan fingerprint density at radius 1 is 1.11 bits per heavy atom. The minimum Gasteiger partial charge on any atom is -0.394 e. The van der Waals surface area contributed by atoms with Crippen LogP contribution >= 0.6 is 0 Å². The van der Waals surface area contributed by atoms with Crippen LogP contribution in [0.15, 0.2) is 35.3 Å². The van der Waals surface area contributed by atoms with Gasteiger partial charge < -0.3 is 42.6 Å². The van der Waals surface area contributed by atoms with Crippen molar-refractivity contribution in [2.24, 2.45) is 16.5 Å². The van der Waals surface area contributed by atoms with E-state index in [1.165, 1.54) is 0 Å². The summed E-state index contributed by atoms with van der Waals surface area (Å²) in [5, 5.41) is 20.5. The van der Waals surface area contributed by atoms with Crippen LogP contribution in [0.4, 0.5) is 0 Å². The number of aliphatic imine (C=N–C) groups is 1. The van der Waals surface area contributed by atoms with E-state index in [4.69, 9.17) is 11.5 Å². The molecule has 0 bridgehead atoms. The normalized spacial score (nSPS) is 17.5. The molecule has 0 aromatic heterocycles. The summed E-state index contributed by atoms with van der Waals surface area (Å²) in [6.07, 6.45) is 2.99. The minimum atomic E-state index is -1.30. The van der Waals surface area contributed by atoms with E-state index < -0.39 is 42.6 Å². The highest BCUT2D eigenvalue weighted by atomic mass is 16.3. The van der Waals surface area contributed by atoms with Gasteiger partial charge in [-0.2, -0.15) is 0 Å². The number of hydrogen-bond acceptors (Lipinski definition) is 7. The average Bonchev–Trinajstić information content (AvgIpc) is 3.39. The van der Waals surface area contributed by atoms with Gasteiger partial charge in [-0.25, -0.2) is 0 Å². The van der Waals surface area contributed by atoms with E-state index in [-0.39, 0.29) is 31.3 Å². The van der Waals surface area contributed by atoms with E-state index in [1.54, 1.807) is 0 Å².